The topological polar surface area (TPSA) is 55.8 Å². The molecule has 2 rings (SSSR count). The molecule has 0 aromatic carbocycles. The monoisotopic (exact) mass is 430 g/mol. The van der Waals surface area contributed by atoms with Crippen molar-refractivity contribution >= 4 is 24.0 Å². The summed E-state index contributed by atoms with van der Waals surface area (Å²) >= 11 is 5.37. The molecule has 0 aromatic rings. The van der Waals surface area contributed by atoms with Crippen LogP contribution in [0.5, 0.6) is 0 Å². The quantitative estimate of drug-likeness (QED) is 0.164. The molecule has 0 aromatic heterocycles. The third kappa shape index (κ3) is 4.74. The molecule has 0 aliphatic carbocycles. The van der Waals surface area contributed by atoms with Gasteiger partial charge in [0.05, 0.1) is 0 Å². The van der Waals surface area contributed by atoms with E-state index in [2.05, 4.69) is 19.1 Å². The summed E-state index contributed by atoms with van der Waals surface area (Å²) in [7, 11) is 1.45. The van der Waals surface area contributed by atoms with Gasteiger partial charge in [0.15, 0.2) is 11.6 Å². The summed E-state index contributed by atoms with van der Waals surface area (Å²) in [5.74, 6) is -0.467. The summed E-state index contributed by atoms with van der Waals surface area (Å²) in [4.78, 5) is 11.7. The van der Waals surface area contributed by atoms with Crippen molar-refractivity contribution in [2.45, 2.75) is 114 Å². The Hall–Kier alpha value is -0.220. The van der Waals surface area contributed by atoms with Gasteiger partial charge < -0.3 is 14.4 Å². The van der Waals surface area contributed by atoms with E-state index in [1.165, 1.54) is 77.7 Å². The van der Waals surface area contributed by atoms with Crippen molar-refractivity contribution in [1.29, 1.82) is 0 Å². The largest absolute Gasteiger partial charge is 0.428 e. The molecule has 0 saturated carbocycles. The van der Waals surface area contributed by atoms with E-state index in [0.29, 0.717) is 6.42 Å². The van der Waals surface area contributed by atoms with Gasteiger partial charge in [-0.3, -0.25) is 0 Å². The molecule has 28 heavy (non-hydrogen) atoms. The Balaban J connectivity index is 1.40. The Morgan fingerprint density at radius 1 is 0.964 bits per heavy atom. The van der Waals surface area contributed by atoms with Crippen LogP contribution in [0.3, 0.4) is 0 Å². The lowest BCUT2D eigenvalue weighted by molar-refractivity contribution is -0.155. The minimum Gasteiger partial charge on any atom is -0.428 e. The molecular weight excluding hydrogens is 391 g/mol. The molecule has 2 heterocycles. The van der Waals surface area contributed by atoms with Crippen LogP contribution in [0.2, 0.25) is 0 Å². The van der Waals surface area contributed by atoms with Gasteiger partial charge in [0.2, 0.25) is 0 Å². The zero-order valence-corrected chi connectivity index (χ0v) is 19.5. The maximum Gasteiger partial charge on any atom is 0.354 e. The Morgan fingerprint density at radius 3 is 1.93 bits per heavy atom. The second-order valence-electron chi connectivity index (χ2n) is 8.28. The summed E-state index contributed by atoms with van der Waals surface area (Å²) in [6.07, 6.45) is 20.2. The standard InChI is InChI=1S/C22H39O4PS/c1-3-4-5-6-7-8-9-10-11-12-13-14-15-16-17-18-19-21(24)22(25-2)20(23)26-27(21,22)28/h10-11,24H,3-9,12-19H2,1-2H3/b11-10-. The van der Waals surface area contributed by atoms with E-state index >= 15 is 0 Å². The van der Waals surface area contributed by atoms with Crippen LogP contribution in [0.1, 0.15) is 103 Å². The van der Waals surface area contributed by atoms with Crippen molar-refractivity contribution in [3.63, 3.8) is 0 Å². The first kappa shape index (κ1) is 24.1. The van der Waals surface area contributed by atoms with E-state index in [4.69, 9.17) is 21.1 Å². The van der Waals surface area contributed by atoms with E-state index < -0.39 is 22.9 Å². The molecular formula is C22H39O4PS. The van der Waals surface area contributed by atoms with E-state index in [1.807, 2.05) is 0 Å². The molecule has 0 radical (unpaired) electrons. The van der Waals surface area contributed by atoms with Crippen LogP contribution < -0.4 is 0 Å². The van der Waals surface area contributed by atoms with Crippen LogP contribution in [0.15, 0.2) is 12.2 Å². The summed E-state index contributed by atoms with van der Waals surface area (Å²) in [6.45, 7) is 2.26. The number of ether oxygens (including phenoxy) is 1. The fourth-order valence-corrected chi connectivity index (χ4v) is 9.14. The van der Waals surface area contributed by atoms with E-state index in [9.17, 15) is 9.90 Å². The lowest BCUT2D eigenvalue weighted by Gasteiger charge is -2.22. The molecule has 6 heteroatoms. The summed E-state index contributed by atoms with van der Waals surface area (Å²) < 4.78 is 10.4. The minimum absolute atomic E-state index is 0.467. The molecule has 2 saturated heterocycles. The van der Waals surface area contributed by atoms with Crippen molar-refractivity contribution in [2.24, 2.45) is 0 Å². The Labute approximate surface area is 176 Å². The van der Waals surface area contributed by atoms with Crippen molar-refractivity contribution in [1.82, 2.24) is 0 Å². The first-order chi connectivity index (χ1) is 13.5. The number of allylic oxidation sites excluding steroid dienone is 2. The van der Waals surface area contributed by atoms with E-state index in [0.717, 1.165) is 19.3 Å². The van der Waals surface area contributed by atoms with Crippen molar-refractivity contribution in [3.8, 4) is 0 Å². The molecule has 0 amide bonds. The second-order valence-corrected chi connectivity index (χ2v) is 12.5. The van der Waals surface area contributed by atoms with Gasteiger partial charge in [0.25, 0.3) is 5.34 Å². The Bertz CT molecular complexity index is 579. The first-order valence-corrected chi connectivity index (χ1v) is 14.0. The molecule has 0 bridgehead atoms. The molecule has 3 atom stereocenters. The van der Waals surface area contributed by atoms with Crippen molar-refractivity contribution in [2.75, 3.05) is 7.11 Å². The number of hydrogen-bond acceptors (Lipinski definition) is 5. The average Bonchev–Trinajstić information content (AvgIpc) is 3.02. The van der Waals surface area contributed by atoms with Gasteiger partial charge >= 0.3 is 5.97 Å². The molecule has 162 valence electrons. The van der Waals surface area contributed by atoms with Gasteiger partial charge in [0.1, 0.15) is 0 Å². The van der Waals surface area contributed by atoms with Gasteiger partial charge in [-0.1, -0.05) is 76.9 Å². The number of hydrogen-bond donors (Lipinski definition) is 1. The maximum absolute atomic E-state index is 11.7. The van der Waals surface area contributed by atoms with Gasteiger partial charge in [-0.2, -0.15) is 0 Å². The van der Waals surface area contributed by atoms with Gasteiger partial charge in [-0.15, -0.1) is 0 Å². The lowest BCUT2D eigenvalue weighted by atomic mass is 10.0. The molecule has 2 aliphatic heterocycles. The van der Waals surface area contributed by atoms with Crippen LogP contribution in [0, 0.1) is 0 Å². The molecule has 1 N–H and O–H groups in total. The number of methoxy groups -OCH3 is 1. The minimum atomic E-state index is -2.49. The predicted octanol–water partition coefficient (Wildman–Crippen LogP) is 6.41. The van der Waals surface area contributed by atoms with Crippen molar-refractivity contribution < 1.29 is 19.2 Å². The number of carbonyl (C=O) groups excluding carboxylic acids is 1. The van der Waals surface area contributed by atoms with Gasteiger partial charge in [-0.25, -0.2) is 4.79 Å². The summed E-state index contributed by atoms with van der Waals surface area (Å²) in [6, 6.07) is 0. The highest BCUT2D eigenvalue weighted by atomic mass is 32.4. The Kier molecular flexibility index (Phi) is 9.66. The van der Waals surface area contributed by atoms with E-state index in [1.54, 1.807) is 0 Å². The highest BCUT2D eigenvalue weighted by Crippen LogP contribution is 2.97. The lowest BCUT2D eigenvalue weighted by Crippen LogP contribution is -2.39. The third-order valence-corrected chi connectivity index (χ3v) is 11.4. The van der Waals surface area contributed by atoms with Crippen molar-refractivity contribution in [3.05, 3.63) is 12.2 Å². The van der Waals surface area contributed by atoms with Crippen LogP contribution >= 0.6 is 6.26 Å². The third-order valence-electron chi connectivity index (χ3n) is 6.22. The predicted molar refractivity (Wildman–Crippen MR) is 119 cm³/mol. The fraction of sp³-hybridized carbons (Fsp3) is 0.864. The molecule has 3 unspecified atom stereocenters. The maximum atomic E-state index is 11.7. The fourth-order valence-electron chi connectivity index (χ4n) is 4.33. The molecule has 4 nitrogen and oxygen atoms in total. The number of unbranched alkanes of at least 4 members (excludes halogenated alkanes) is 12. The Morgan fingerprint density at radius 2 is 1.46 bits per heavy atom. The number of aliphatic hydroxyl groups is 1. The van der Waals surface area contributed by atoms with Crippen LogP contribution in [0.25, 0.3) is 0 Å². The normalized spacial score (nSPS) is 30.9. The second kappa shape index (κ2) is 11.2. The van der Waals surface area contributed by atoms with E-state index in [-0.39, 0.29) is 0 Å². The van der Waals surface area contributed by atoms with Crippen LogP contribution in [0.4, 0.5) is 0 Å². The highest BCUT2D eigenvalue weighted by molar-refractivity contribution is 8.19. The zero-order valence-electron chi connectivity index (χ0n) is 17.8. The zero-order chi connectivity index (χ0) is 20.5. The van der Waals surface area contributed by atoms with Crippen LogP contribution in [-0.2, 0) is 25.9 Å². The van der Waals surface area contributed by atoms with Crippen LogP contribution in [-0.4, -0.2) is 28.9 Å². The smallest absolute Gasteiger partial charge is 0.354 e. The first-order valence-electron chi connectivity index (χ1n) is 11.3. The number of rotatable bonds is 17. The van der Waals surface area contributed by atoms with Gasteiger partial charge in [0, 0.05) is 7.11 Å². The number of carbonyl (C=O) groups is 1. The summed E-state index contributed by atoms with van der Waals surface area (Å²) in [5, 5.41) is 8.31. The SMILES string of the molecule is CCCCCCCC/C=C\CCCCCCCCC1(O)C2(OC)C(=O)OP12=S. The average molecular weight is 431 g/mol. The highest BCUT2D eigenvalue weighted by Gasteiger charge is 2.98. The molecule has 0 spiro atoms. The number of fused-ring (bicyclic) bond motifs is 1. The van der Waals surface area contributed by atoms with Gasteiger partial charge in [-0.05, 0) is 50.3 Å². The molecule has 2 fully saturated rings. The summed E-state index contributed by atoms with van der Waals surface area (Å²) in [5.41, 5.74) is 0. The molecule has 2 aliphatic rings.